The maximum absolute atomic E-state index is 13.9. The molecule has 1 aliphatic rings. The van der Waals surface area contributed by atoms with Crippen molar-refractivity contribution in [3.63, 3.8) is 0 Å². The van der Waals surface area contributed by atoms with Crippen LogP contribution in [0.3, 0.4) is 0 Å². The van der Waals surface area contributed by atoms with Crippen molar-refractivity contribution in [3.05, 3.63) is 29.3 Å². The molecule has 0 spiro atoms. The molecule has 1 saturated carbocycles. The van der Waals surface area contributed by atoms with E-state index < -0.39 is 43.8 Å². The number of hydrogen-bond acceptors (Lipinski definition) is 2. The van der Waals surface area contributed by atoms with Crippen molar-refractivity contribution in [1.82, 2.24) is 4.72 Å². The predicted octanol–water partition coefficient (Wildman–Crippen LogP) is 3.84. The standard InChI is InChI=1S/C14H16F5NO2S/c1-8(2)13(4-3-5-13)20-23(21,22)12-10(15)6-9(7-11(12)16)14(17,18)19/h6-8,20H,3-5H2,1-2H3. The molecule has 0 unspecified atom stereocenters. The van der Waals surface area contributed by atoms with Crippen LogP contribution in [0, 0.1) is 17.6 Å². The molecule has 0 bridgehead atoms. The van der Waals surface area contributed by atoms with E-state index in [4.69, 9.17) is 0 Å². The molecule has 3 nitrogen and oxygen atoms in total. The van der Waals surface area contributed by atoms with Gasteiger partial charge in [0.25, 0.3) is 0 Å². The molecule has 2 rings (SSSR count). The van der Waals surface area contributed by atoms with Crippen molar-refractivity contribution in [2.24, 2.45) is 5.92 Å². The fourth-order valence-corrected chi connectivity index (χ4v) is 4.36. The number of nitrogens with one attached hydrogen (secondary N) is 1. The van der Waals surface area contributed by atoms with Crippen LogP contribution in [-0.4, -0.2) is 14.0 Å². The van der Waals surface area contributed by atoms with E-state index in [0.29, 0.717) is 12.8 Å². The molecule has 0 heterocycles. The molecule has 1 aromatic carbocycles. The molecular formula is C14H16F5NO2S. The van der Waals surface area contributed by atoms with Gasteiger partial charge in [0.05, 0.1) is 5.56 Å². The highest BCUT2D eigenvalue weighted by Gasteiger charge is 2.44. The summed E-state index contributed by atoms with van der Waals surface area (Å²) in [6, 6.07) is -0.0269. The van der Waals surface area contributed by atoms with Gasteiger partial charge in [-0.2, -0.15) is 13.2 Å². The molecule has 130 valence electrons. The van der Waals surface area contributed by atoms with Crippen LogP contribution in [0.15, 0.2) is 17.0 Å². The summed E-state index contributed by atoms with van der Waals surface area (Å²) in [5.41, 5.74) is -2.39. The van der Waals surface area contributed by atoms with E-state index in [-0.39, 0.29) is 18.1 Å². The third kappa shape index (κ3) is 3.35. The summed E-state index contributed by atoms with van der Waals surface area (Å²) >= 11 is 0. The maximum atomic E-state index is 13.9. The summed E-state index contributed by atoms with van der Waals surface area (Å²) in [6.45, 7) is 3.53. The lowest BCUT2D eigenvalue weighted by atomic mass is 9.70. The minimum Gasteiger partial charge on any atom is -0.207 e. The topological polar surface area (TPSA) is 46.2 Å². The first-order chi connectivity index (χ1) is 10.4. The number of halogens is 5. The Morgan fingerprint density at radius 2 is 1.61 bits per heavy atom. The molecular weight excluding hydrogens is 341 g/mol. The quantitative estimate of drug-likeness (QED) is 0.833. The minimum absolute atomic E-state index is 0.0134. The van der Waals surface area contributed by atoms with Gasteiger partial charge < -0.3 is 0 Å². The smallest absolute Gasteiger partial charge is 0.207 e. The predicted molar refractivity (Wildman–Crippen MR) is 73.1 cm³/mol. The van der Waals surface area contributed by atoms with E-state index in [9.17, 15) is 30.4 Å². The monoisotopic (exact) mass is 357 g/mol. The van der Waals surface area contributed by atoms with Crippen LogP contribution >= 0.6 is 0 Å². The Balaban J connectivity index is 2.45. The maximum Gasteiger partial charge on any atom is 0.416 e. The minimum atomic E-state index is -4.97. The third-order valence-electron chi connectivity index (χ3n) is 4.28. The highest BCUT2D eigenvalue weighted by atomic mass is 32.2. The molecule has 0 aliphatic heterocycles. The fourth-order valence-electron chi connectivity index (χ4n) is 2.65. The van der Waals surface area contributed by atoms with Gasteiger partial charge in [-0.25, -0.2) is 21.9 Å². The molecule has 23 heavy (non-hydrogen) atoms. The molecule has 0 radical (unpaired) electrons. The Morgan fingerprint density at radius 3 is 1.91 bits per heavy atom. The Hall–Kier alpha value is -1.22. The van der Waals surface area contributed by atoms with Crippen molar-refractivity contribution in [1.29, 1.82) is 0 Å². The Bertz CT molecular complexity index is 685. The molecule has 0 saturated heterocycles. The Kier molecular flexibility index (Phi) is 4.49. The van der Waals surface area contributed by atoms with E-state index in [1.165, 1.54) is 0 Å². The average molecular weight is 357 g/mol. The van der Waals surface area contributed by atoms with Crippen LogP contribution in [0.5, 0.6) is 0 Å². The molecule has 0 aromatic heterocycles. The fraction of sp³-hybridized carbons (Fsp3) is 0.571. The summed E-state index contributed by atoms with van der Waals surface area (Å²) in [7, 11) is -4.61. The number of alkyl halides is 3. The Morgan fingerprint density at radius 1 is 1.13 bits per heavy atom. The van der Waals surface area contributed by atoms with Crippen LogP contribution < -0.4 is 4.72 Å². The normalized spacial score (nSPS) is 18.1. The lowest BCUT2D eigenvalue weighted by molar-refractivity contribution is -0.138. The zero-order valence-corrected chi connectivity index (χ0v) is 13.3. The molecule has 0 amide bonds. The second-order valence-corrected chi connectivity index (χ2v) is 7.66. The second-order valence-electron chi connectivity index (χ2n) is 6.04. The van der Waals surface area contributed by atoms with E-state index >= 15 is 0 Å². The van der Waals surface area contributed by atoms with Crippen molar-refractivity contribution in [3.8, 4) is 0 Å². The van der Waals surface area contributed by atoms with Gasteiger partial charge in [-0.15, -0.1) is 0 Å². The van der Waals surface area contributed by atoms with Gasteiger partial charge in [-0.05, 0) is 37.3 Å². The summed E-state index contributed by atoms with van der Waals surface area (Å²) < 4.78 is 92.1. The van der Waals surface area contributed by atoms with Crippen molar-refractivity contribution in [2.75, 3.05) is 0 Å². The SMILES string of the molecule is CC(C)C1(NS(=O)(=O)c2c(F)cc(C(F)(F)F)cc2F)CCC1. The van der Waals surface area contributed by atoms with Gasteiger partial charge in [-0.3, -0.25) is 0 Å². The zero-order valence-electron chi connectivity index (χ0n) is 12.5. The van der Waals surface area contributed by atoms with Crippen molar-refractivity contribution < 1.29 is 30.4 Å². The van der Waals surface area contributed by atoms with Crippen molar-refractivity contribution >= 4 is 10.0 Å². The van der Waals surface area contributed by atoms with Gasteiger partial charge in [0.15, 0.2) is 4.90 Å². The third-order valence-corrected chi connectivity index (χ3v) is 5.89. The first kappa shape index (κ1) is 18.1. The van der Waals surface area contributed by atoms with E-state index in [0.717, 1.165) is 6.42 Å². The van der Waals surface area contributed by atoms with Crippen LogP contribution in [0.25, 0.3) is 0 Å². The van der Waals surface area contributed by atoms with Crippen LogP contribution in [0.4, 0.5) is 22.0 Å². The number of rotatable bonds is 4. The molecule has 1 aromatic rings. The molecule has 1 aliphatic carbocycles. The summed E-state index contributed by atoms with van der Waals surface area (Å²) in [5.74, 6) is -3.64. The number of hydrogen-bond donors (Lipinski definition) is 1. The zero-order chi connectivity index (χ0) is 17.6. The van der Waals surface area contributed by atoms with Gasteiger partial charge >= 0.3 is 6.18 Å². The summed E-state index contributed by atoms with van der Waals surface area (Å²) in [4.78, 5) is -1.38. The summed E-state index contributed by atoms with van der Waals surface area (Å²) in [6.07, 6.45) is -3.19. The van der Waals surface area contributed by atoms with E-state index in [2.05, 4.69) is 4.72 Å². The van der Waals surface area contributed by atoms with Gasteiger partial charge in [0, 0.05) is 5.54 Å². The van der Waals surface area contributed by atoms with E-state index in [1.807, 2.05) is 0 Å². The number of sulfonamides is 1. The highest BCUT2D eigenvalue weighted by Crippen LogP contribution is 2.40. The van der Waals surface area contributed by atoms with Crippen molar-refractivity contribution in [2.45, 2.75) is 49.7 Å². The first-order valence-corrected chi connectivity index (χ1v) is 8.47. The highest BCUT2D eigenvalue weighted by molar-refractivity contribution is 7.89. The average Bonchev–Trinajstić information content (AvgIpc) is 2.31. The van der Waals surface area contributed by atoms with Gasteiger partial charge in [0.1, 0.15) is 11.6 Å². The summed E-state index contributed by atoms with van der Waals surface area (Å²) in [5, 5.41) is 0. The molecule has 0 atom stereocenters. The van der Waals surface area contributed by atoms with Crippen LogP contribution in [0.2, 0.25) is 0 Å². The lowest BCUT2D eigenvalue weighted by Crippen LogP contribution is -2.57. The van der Waals surface area contributed by atoms with Crippen LogP contribution in [-0.2, 0) is 16.2 Å². The largest absolute Gasteiger partial charge is 0.416 e. The molecule has 1 fully saturated rings. The van der Waals surface area contributed by atoms with Gasteiger partial charge in [-0.1, -0.05) is 13.8 Å². The second kappa shape index (κ2) is 5.70. The van der Waals surface area contributed by atoms with Crippen LogP contribution in [0.1, 0.15) is 38.7 Å². The van der Waals surface area contributed by atoms with Gasteiger partial charge in [0.2, 0.25) is 10.0 Å². The Labute approximate surface area is 130 Å². The first-order valence-electron chi connectivity index (χ1n) is 6.99. The lowest BCUT2D eigenvalue weighted by Gasteiger charge is -2.45. The molecule has 9 heteroatoms. The molecule has 1 N–H and O–H groups in total. The number of benzene rings is 1. The van der Waals surface area contributed by atoms with E-state index in [1.54, 1.807) is 13.8 Å².